The van der Waals surface area contributed by atoms with E-state index in [-0.39, 0.29) is 11.9 Å². The quantitative estimate of drug-likeness (QED) is 0.729. The predicted octanol–water partition coefficient (Wildman–Crippen LogP) is 4.28. The van der Waals surface area contributed by atoms with E-state index in [0.717, 1.165) is 29.3 Å². The van der Waals surface area contributed by atoms with Gasteiger partial charge in [0.2, 0.25) is 5.91 Å². The van der Waals surface area contributed by atoms with E-state index < -0.39 is 0 Å². The molecular formula is C17H23NOS2. The van der Waals surface area contributed by atoms with Crippen LogP contribution in [0.4, 0.5) is 0 Å². The lowest BCUT2D eigenvalue weighted by atomic mass is 10.0. The maximum Gasteiger partial charge on any atom is 0.228 e. The molecule has 0 radical (unpaired) electrons. The summed E-state index contributed by atoms with van der Waals surface area (Å²) in [5, 5.41) is 0. The number of carbonyl (C=O) groups is 1. The minimum Gasteiger partial charge on any atom is -0.293 e. The van der Waals surface area contributed by atoms with Crippen molar-refractivity contribution in [3.63, 3.8) is 0 Å². The van der Waals surface area contributed by atoms with Crippen LogP contribution < -0.4 is 0 Å². The summed E-state index contributed by atoms with van der Waals surface area (Å²) in [6.07, 6.45) is 3.73. The molecule has 1 aromatic carbocycles. The Labute approximate surface area is 137 Å². The molecule has 1 aromatic rings. The van der Waals surface area contributed by atoms with Gasteiger partial charge >= 0.3 is 0 Å². The van der Waals surface area contributed by atoms with Gasteiger partial charge in [0.15, 0.2) is 0 Å². The van der Waals surface area contributed by atoms with E-state index in [1.165, 1.54) is 5.56 Å². The van der Waals surface area contributed by atoms with Crippen LogP contribution in [0, 0.1) is 5.92 Å². The van der Waals surface area contributed by atoms with E-state index >= 15 is 0 Å². The molecule has 0 aliphatic carbocycles. The molecule has 0 N–H and O–H groups in total. The Kier molecular flexibility index (Phi) is 6.24. The van der Waals surface area contributed by atoms with Crippen molar-refractivity contribution >= 4 is 34.2 Å². The number of hydrogen-bond donors (Lipinski definition) is 0. The number of carbonyl (C=O) groups excluding carboxylic acids is 1. The summed E-state index contributed by atoms with van der Waals surface area (Å²) >= 11 is 7.03. The summed E-state index contributed by atoms with van der Waals surface area (Å²) in [5.74, 6) is 1.56. The van der Waals surface area contributed by atoms with Crippen LogP contribution in [0.5, 0.6) is 0 Å². The molecule has 1 aliphatic heterocycles. The van der Waals surface area contributed by atoms with Crippen molar-refractivity contribution in [2.24, 2.45) is 5.92 Å². The van der Waals surface area contributed by atoms with Crippen molar-refractivity contribution in [3.8, 4) is 0 Å². The first-order chi connectivity index (χ1) is 10.1. The largest absolute Gasteiger partial charge is 0.293 e. The monoisotopic (exact) mass is 321 g/mol. The molecule has 2 nitrogen and oxygen atoms in total. The second-order valence-corrected chi connectivity index (χ2v) is 7.44. The van der Waals surface area contributed by atoms with Gasteiger partial charge in [-0.1, -0.05) is 81.0 Å². The Morgan fingerprint density at radius 1 is 1.43 bits per heavy atom. The molecule has 2 atom stereocenters. The van der Waals surface area contributed by atoms with Crippen molar-refractivity contribution < 1.29 is 4.79 Å². The van der Waals surface area contributed by atoms with Crippen LogP contribution in [0.3, 0.4) is 0 Å². The highest BCUT2D eigenvalue weighted by Crippen LogP contribution is 2.28. The first kappa shape index (κ1) is 16.5. The smallest absolute Gasteiger partial charge is 0.228 e. The molecule has 21 heavy (non-hydrogen) atoms. The second-order valence-electron chi connectivity index (χ2n) is 5.78. The van der Waals surface area contributed by atoms with Crippen LogP contribution in [0.2, 0.25) is 0 Å². The van der Waals surface area contributed by atoms with E-state index in [9.17, 15) is 4.79 Å². The van der Waals surface area contributed by atoms with Gasteiger partial charge in [-0.05, 0) is 17.9 Å². The van der Waals surface area contributed by atoms with Gasteiger partial charge in [0.25, 0.3) is 0 Å². The van der Waals surface area contributed by atoms with Crippen LogP contribution in [-0.4, -0.2) is 26.9 Å². The van der Waals surface area contributed by atoms with Crippen molar-refractivity contribution in [3.05, 3.63) is 35.9 Å². The minimum absolute atomic E-state index is 0.201. The van der Waals surface area contributed by atoms with Gasteiger partial charge in [0.05, 0.1) is 6.04 Å². The Morgan fingerprint density at radius 2 is 2.14 bits per heavy atom. The standard InChI is InChI=1S/C17H23NOS2/c1-3-7-13(2)10-16(19)18-15(12-21-17(18)20)11-14-8-5-4-6-9-14/h4-6,8-9,13,15H,3,7,10-12H2,1-2H3/t13-,15+/m1/s1. The number of thiocarbonyl (C=S) groups is 1. The highest BCUT2D eigenvalue weighted by atomic mass is 32.2. The predicted molar refractivity (Wildman–Crippen MR) is 94.5 cm³/mol. The lowest BCUT2D eigenvalue weighted by molar-refractivity contribution is -0.129. The van der Waals surface area contributed by atoms with Crippen molar-refractivity contribution in [1.82, 2.24) is 4.90 Å². The van der Waals surface area contributed by atoms with Crippen LogP contribution in [-0.2, 0) is 11.2 Å². The maximum atomic E-state index is 12.6. The Balaban J connectivity index is 2.01. The number of thioether (sulfide) groups is 1. The van der Waals surface area contributed by atoms with Gasteiger partial charge in [-0.2, -0.15) is 0 Å². The van der Waals surface area contributed by atoms with Crippen molar-refractivity contribution in [2.75, 3.05) is 5.75 Å². The van der Waals surface area contributed by atoms with Crippen LogP contribution >= 0.6 is 24.0 Å². The third-order valence-electron chi connectivity index (χ3n) is 3.85. The summed E-state index contributed by atoms with van der Waals surface area (Å²) in [6.45, 7) is 4.31. The number of benzene rings is 1. The van der Waals surface area contributed by atoms with E-state index in [1.54, 1.807) is 11.8 Å². The summed E-state index contributed by atoms with van der Waals surface area (Å²) < 4.78 is 0.754. The van der Waals surface area contributed by atoms with Crippen molar-refractivity contribution in [2.45, 2.75) is 45.6 Å². The molecule has 0 saturated carbocycles. The zero-order valence-corrected chi connectivity index (χ0v) is 14.4. The Bertz CT molecular complexity index is 489. The Hall–Kier alpha value is -0.870. The summed E-state index contributed by atoms with van der Waals surface area (Å²) in [4.78, 5) is 14.4. The molecule has 2 rings (SSSR count). The number of amides is 1. The molecule has 114 valence electrons. The lowest BCUT2D eigenvalue weighted by Crippen LogP contribution is -2.40. The molecule has 1 heterocycles. The topological polar surface area (TPSA) is 20.3 Å². The number of hydrogen-bond acceptors (Lipinski definition) is 3. The molecule has 0 aromatic heterocycles. The minimum atomic E-state index is 0.201. The first-order valence-corrected chi connectivity index (χ1v) is 9.04. The number of nitrogens with zero attached hydrogens (tertiary/aromatic N) is 1. The fourth-order valence-electron chi connectivity index (χ4n) is 2.79. The fraction of sp³-hybridized carbons (Fsp3) is 0.529. The molecule has 1 aliphatic rings. The van der Waals surface area contributed by atoms with Crippen LogP contribution in [0.25, 0.3) is 0 Å². The third-order valence-corrected chi connectivity index (χ3v) is 5.39. The van der Waals surface area contributed by atoms with Gasteiger partial charge in [-0.25, -0.2) is 0 Å². The normalized spacial score (nSPS) is 19.8. The molecular weight excluding hydrogens is 298 g/mol. The van der Waals surface area contributed by atoms with Gasteiger partial charge in [0.1, 0.15) is 4.32 Å². The molecule has 1 fully saturated rings. The molecule has 1 amide bonds. The molecule has 0 spiro atoms. The van der Waals surface area contributed by atoms with Gasteiger partial charge < -0.3 is 0 Å². The average Bonchev–Trinajstić information content (AvgIpc) is 2.81. The third kappa shape index (κ3) is 4.55. The van der Waals surface area contributed by atoms with Gasteiger partial charge in [0, 0.05) is 12.2 Å². The van der Waals surface area contributed by atoms with Crippen molar-refractivity contribution in [1.29, 1.82) is 0 Å². The first-order valence-electron chi connectivity index (χ1n) is 7.64. The van der Waals surface area contributed by atoms with Crippen LogP contribution in [0.15, 0.2) is 30.3 Å². The fourth-order valence-corrected chi connectivity index (χ4v) is 4.24. The average molecular weight is 322 g/mol. The molecule has 0 bridgehead atoms. The van der Waals surface area contributed by atoms with Gasteiger partial charge in [-0.3, -0.25) is 9.69 Å². The second kappa shape index (κ2) is 7.95. The number of rotatable bonds is 6. The summed E-state index contributed by atoms with van der Waals surface area (Å²) in [6, 6.07) is 10.6. The zero-order chi connectivity index (χ0) is 15.2. The lowest BCUT2D eigenvalue weighted by Gasteiger charge is -2.25. The molecule has 0 unspecified atom stereocenters. The zero-order valence-electron chi connectivity index (χ0n) is 12.7. The van der Waals surface area contributed by atoms with E-state index in [0.29, 0.717) is 12.3 Å². The Morgan fingerprint density at radius 3 is 2.81 bits per heavy atom. The highest BCUT2D eigenvalue weighted by Gasteiger charge is 2.34. The van der Waals surface area contributed by atoms with E-state index in [4.69, 9.17) is 12.2 Å². The maximum absolute atomic E-state index is 12.6. The highest BCUT2D eigenvalue weighted by molar-refractivity contribution is 8.23. The molecule has 4 heteroatoms. The van der Waals surface area contributed by atoms with E-state index in [1.807, 2.05) is 23.1 Å². The van der Waals surface area contributed by atoms with Crippen LogP contribution in [0.1, 0.15) is 38.7 Å². The van der Waals surface area contributed by atoms with E-state index in [2.05, 4.69) is 26.0 Å². The summed E-state index contributed by atoms with van der Waals surface area (Å²) in [7, 11) is 0. The van der Waals surface area contributed by atoms with Gasteiger partial charge in [-0.15, -0.1) is 0 Å². The SMILES string of the molecule is CCC[C@@H](C)CC(=O)N1C(=S)SC[C@@H]1Cc1ccccc1. The summed E-state index contributed by atoms with van der Waals surface area (Å²) in [5.41, 5.74) is 1.27. The molecule has 1 saturated heterocycles.